The van der Waals surface area contributed by atoms with Gasteiger partial charge in [0.1, 0.15) is 11.8 Å². The zero-order valence-electron chi connectivity index (χ0n) is 16.5. The van der Waals surface area contributed by atoms with Gasteiger partial charge in [0.05, 0.1) is 5.54 Å². The van der Waals surface area contributed by atoms with E-state index in [0.717, 1.165) is 12.0 Å². The van der Waals surface area contributed by atoms with Crippen molar-refractivity contribution in [3.8, 4) is 0 Å². The number of amides is 1. The maximum absolute atomic E-state index is 15.5. The molecule has 0 aliphatic carbocycles. The molecule has 0 radical (unpaired) electrons. The monoisotopic (exact) mass is 362 g/mol. The number of hydrogen-bond donors (Lipinski definition) is 1. The van der Waals surface area contributed by atoms with Crippen LogP contribution in [0.2, 0.25) is 0 Å². The van der Waals surface area contributed by atoms with Gasteiger partial charge in [0.15, 0.2) is 0 Å². The number of ether oxygens (including phenoxy) is 1. The van der Waals surface area contributed by atoms with Gasteiger partial charge in [0, 0.05) is 18.1 Å². The van der Waals surface area contributed by atoms with Crippen LogP contribution >= 0.6 is 0 Å². The van der Waals surface area contributed by atoms with E-state index >= 15 is 4.39 Å². The Bertz CT molecular complexity index is 660. The Hall–Kier alpha value is -1.62. The van der Waals surface area contributed by atoms with Crippen LogP contribution < -0.4 is 5.32 Å². The maximum Gasteiger partial charge on any atom is 0.411 e. The van der Waals surface area contributed by atoms with E-state index < -0.39 is 23.4 Å². The second kappa shape index (κ2) is 6.52. The lowest BCUT2D eigenvalue weighted by Crippen LogP contribution is -2.68. The van der Waals surface area contributed by atoms with Crippen LogP contribution in [0.5, 0.6) is 0 Å². The lowest BCUT2D eigenvalue weighted by molar-refractivity contribution is -0.0708. The molecule has 2 heterocycles. The van der Waals surface area contributed by atoms with E-state index in [-0.39, 0.29) is 11.6 Å². The van der Waals surface area contributed by atoms with Gasteiger partial charge in [0.2, 0.25) is 0 Å². The second-order valence-electron chi connectivity index (χ2n) is 9.25. The van der Waals surface area contributed by atoms with E-state index in [1.54, 1.807) is 4.90 Å². The maximum atomic E-state index is 15.5. The zero-order valence-corrected chi connectivity index (χ0v) is 16.5. The van der Waals surface area contributed by atoms with Crippen LogP contribution in [0.4, 0.5) is 9.18 Å². The lowest BCUT2D eigenvalue weighted by Gasteiger charge is -2.52. The Morgan fingerprint density at radius 1 is 1.27 bits per heavy atom. The third kappa shape index (κ3) is 3.46. The minimum atomic E-state index is -1.13. The van der Waals surface area contributed by atoms with Gasteiger partial charge in [-0.15, -0.1) is 0 Å². The summed E-state index contributed by atoms with van der Waals surface area (Å²) >= 11 is 0. The Morgan fingerprint density at radius 3 is 2.54 bits per heavy atom. The van der Waals surface area contributed by atoms with Crippen molar-refractivity contribution in [2.24, 2.45) is 0 Å². The average Bonchev–Trinajstić information content (AvgIpc) is 2.77. The third-order valence-electron chi connectivity index (χ3n) is 5.81. The van der Waals surface area contributed by atoms with Crippen molar-refractivity contribution >= 4 is 6.09 Å². The molecule has 1 N–H and O–H groups in total. The van der Waals surface area contributed by atoms with Crippen molar-refractivity contribution in [2.75, 3.05) is 0 Å². The Balaban J connectivity index is 1.77. The van der Waals surface area contributed by atoms with Gasteiger partial charge < -0.3 is 10.1 Å². The summed E-state index contributed by atoms with van der Waals surface area (Å²) in [4.78, 5) is 14.5. The van der Waals surface area contributed by atoms with Crippen LogP contribution in [-0.2, 0) is 11.3 Å². The van der Waals surface area contributed by atoms with Gasteiger partial charge in [-0.3, -0.25) is 4.90 Å². The third-order valence-corrected chi connectivity index (χ3v) is 5.81. The summed E-state index contributed by atoms with van der Waals surface area (Å²) in [6.07, 6.45) is 0.522. The first-order valence-corrected chi connectivity index (χ1v) is 9.50. The largest absolute Gasteiger partial charge is 0.444 e. The molecule has 4 atom stereocenters. The van der Waals surface area contributed by atoms with Gasteiger partial charge >= 0.3 is 6.09 Å². The Kier molecular flexibility index (Phi) is 4.80. The van der Waals surface area contributed by atoms with Crippen molar-refractivity contribution in [3.63, 3.8) is 0 Å². The molecule has 26 heavy (non-hydrogen) atoms. The topological polar surface area (TPSA) is 41.6 Å². The van der Waals surface area contributed by atoms with E-state index in [9.17, 15) is 4.79 Å². The molecule has 0 saturated carbocycles. The fourth-order valence-electron chi connectivity index (χ4n) is 4.58. The quantitative estimate of drug-likeness (QED) is 0.864. The SMILES string of the molecule is CC(C)(C)OC(=O)N1[C@]2(C)CC[C@@]1(C)[C@H](F)[C@H](NCc1ccccc1)C2. The fourth-order valence-corrected chi connectivity index (χ4v) is 4.58. The molecular weight excluding hydrogens is 331 g/mol. The summed E-state index contributed by atoms with van der Waals surface area (Å²) in [5, 5.41) is 3.39. The number of halogens is 1. The predicted molar refractivity (Wildman–Crippen MR) is 101 cm³/mol. The smallest absolute Gasteiger partial charge is 0.411 e. The highest BCUT2D eigenvalue weighted by Crippen LogP contribution is 2.52. The van der Waals surface area contributed by atoms with Crippen LogP contribution in [0.3, 0.4) is 0 Å². The molecule has 0 unspecified atom stereocenters. The van der Waals surface area contributed by atoms with E-state index in [0.29, 0.717) is 19.4 Å². The molecule has 0 spiro atoms. The molecule has 0 aromatic heterocycles. The molecule has 2 fully saturated rings. The number of piperidine rings is 1. The van der Waals surface area contributed by atoms with Crippen molar-refractivity contribution in [3.05, 3.63) is 35.9 Å². The normalized spacial score (nSPS) is 34.0. The minimum Gasteiger partial charge on any atom is -0.444 e. The van der Waals surface area contributed by atoms with Crippen molar-refractivity contribution in [1.82, 2.24) is 10.2 Å². The fraction of sp³-hybridized carbons (Fsp3) is 0.667. The van der Waals surface area contributed by atoms with Crippen molar-refractivity contribution in [1.29, 1.82) is 0 Å². The van der Waals surface area contributed by atoms with Crippen LogP contribution in [-0.4, -0.2) is 39.9 Å². The molecule has 5 heteroatoms. The number of rotatable bonds is 3. The van der Waals surface area contributed by atoms with Crippen LogP contribution in [0, 0.1) is 0 Å². The summed E-state index contributed by atoms with van der Waals surface area (Å²) in [5.41, 5.74) is -0.660. The highest BCUT2D eigenvalue weighted by atomic mass is 19.1. The molecule has 144 valence electrons. The highest BCUT2D eigenvalue weighted by Gasteiger charge is 2.63. The Morgan fingerprint density at radius 2 is 1.92 bits per heavy atom. The zero-order chi connectivity index (χ0) is 19.2. The highest BCUT2D eigenvalue weighted by molar-refractivity contribution is 5.71. The number of nitrogens with one attached hydrogen (secondary N) is 1. The van der Waals surface area contributed by atoms with Gasteiger partial charge in [0.25, 0.3) is 0 Å². The van der Waals surface area contributed by atoms with E-state index in [1.165, 1.54) is 0 Å². The van der Waals surface area contributed by atoms with Crippen molar-refractivity contribution in [2.45, 2.75) is 89.3 Å². The molecular formula is C21H31FN2O2. The molecule has 1 aromatic carbocycles. The number of carbonyl (C=O) groups excluding carboxylic acids is 1. The molecule has 2 saturated heterocycles. The summed E-state index contributed by atoms with van der Waals surface area (Å²) in [6, 6.07) is 9.75. The van der Waals surface area contributed by atoms with E-state index in [2.05, 4.69) is 12.2 Å². The molecule has 1 aromatic rings. The first-order valence-electron chi connectivity index (χ1n) is 9.50. The summed E-state index contributed by atoms with van der Waals surface area (Å²) in [7, 11) is 0. The lowest BCUT2D eigenvalue weighted by atomic mass is 9.81. The number of alkyl halides is 1. The number of carbonyl (C=O) groups is 1. The summed E-state index contributed by atoms with van der Waals surface area (Å²) in [6.45, 7) is 10.1. The first kappa shape index (κ1) is 19.2. The van der Waals surface area contributed by atoms with Crippen LogP contribution in [0.25, 0.3) is 0 Å². The van der Waals surface area contributed by atoms with Gasteiger partial charge in [-0.2, -0.15) is 0 Å². The standard InChI is InChI=1S/C21H31FN2O2/c1-19(2,3)26-18(25)24-20(4)11-12-21(24,5)17(22)16(13-20)23-14-15-9-7-6-8-10-15/h6-10,16-17,23H,11-14H2,1-5H3/t16-,17-,20-,21+/m1/s1. The van der Waals surface area contributed by atoms with Gasteiger partial charge in [-0.25, -0.2) is 9.18 Å². The molecule has 1 amide bonds. The number of benzene rings is 1. The second-order valence-corrected chi connectivity index (χ2v) is 9.25. The minimum absolute atomic E-state index is 0.272. The Labute approximate surface area is 156 Å². The van der Waals surface area contributed by atoms with Crippen LogP contribution in [0.15, 0.2) is 30.3 Å². The number of nitrogens with zero attached hydrogens (tertiary/aromatic N) is 1. The van der Waals surface area contributed by atoms with E-state index in [4.69, 9.17) is 4.74 Å². The van der Waals surface area contributed by atoms with E-state index in [1.807, 2.05) is 58.0 Å². The van der Waals surface area contributed by atoms with Gasteiger partial charge in [-0.1, -0.05) is 30.3 Å². The molecule has 2 bridgehead atoms. The van der Waals surface area contributed by atoms with Crippen molar-refractivity contribution < 1.29 is 13.9 Å². The summed E-state index contributed by atoms with van der Waals surface area (Å²) < 4.78 is 21.1. The number of fused-ring (bicyclic) bond motifs is 2. The molecule has 2 aliphatic heterocycles. The average molecular weight is 362 g/mol. The van der Waals surface area contributed by atoms with Gasteiger partial charge in [-0.05, 0) is 59.4 Å². The molecule has 2 aliphatic rings. The molecule has 4 nitrogen and oxygen atoms in total. The first-order chi connectivity index (χ1) is 12.1. The molecule has 3 rings (SSSR count). The predicted octanol–water partition coefficient (Wildman–Crippen LogP) is 4.43. The van der Waals surface area contributed by atoms with Crippen LogP contribution in [0.1, 0.15) is 59.4 Å². The number of hydrogen-bond acceptors (Lipinski definition) is 3. The summed E-state index contributed by atoms with van der Waals surface area (Å²) in [5.74, 6) is 0.